The minimum Gasteiger partial charge on any atom is -0.505 e. The number of aryl methyl sites for hydroxylation is 1. The number of hydrogen-bond acceptors (Lipinski definition) is 2. The number of phenolic OH excluding ortho intramolecular Hbond substituents is 1. The Morgan fingerprint density at radius 2 is 1.77 bits per heavy atom. The highest BCUT2D eigenvalue weighted by Gasteiger charge is 2.11. The molecule has 0 aliphatic rings. The van der Waals surface area contributed by atoms with Crippen LogP contribution in [0.3, 0.4) is 0 Å². The van der Waals surface area contributed by atoms with E-state index in [2.05, 4.69) is 37.0 Å². The number of rotatable bonds is 4. The average molecular weight is 293 g/mol. The van der Waals surface area contributed by atoms with E-state index in [1.54, 1.807) is 6.21 Å². The van der Waals surface area contributed by atoms with E-state index in [1.807, 2.05) is 44.2 Å². The summed E-state index contributed by atoms with van der Waals surface area (Å²) in [6.45, 7) is 8.11. The molecule has 0 heterocycles. The summed E-state index contributed by atoms with van der Waals surface area (Å²) in [5, 5.41) is 10.4. The molecule has 114 valence electrons. The summed E-state index contributed by atoms with van der Waals surface area (Å²) in [7, 11) is 0. The fourth-order valence-corrected chi connectivity index (χ4v) is 2.34. The smallest absolute Gasteiger partial charge is 0.144 e. The topological polar surface area (TPSA) is 32.6 Å². The van der Waals surface area contributed by atoms with E-state index in [0.29, 0.717) is 11.4 Å². The molecule has 2 heteroatoms. The van der Waals surface area contributed by atoms with Gasteiger partial charge in [-0.3, -0.25) is 4.99 Å². The van der Waals surface area contributed by atoms with E-state index in [9.17, 15) is 5.11 Å². The Bertz CT molecular complexity index is 697. The number of phenols is 1. The van der Waals surface area contributed by atoms with E-state index in [4.69, 9.17) is 0 Å². The molecule has 0 amide bonds. The third-order valence-corrected chi connectivity index (χ3v) is 3.60. The second-order valence-corrected chi connectivity index (χ2v) is 5.88. The molecule has 0 saturated carbocycles. The van der Waals surface area contributed by atoms with Gasteiger partial charge in [0.05, 0.1) is 0 Å². The summed E-state index contributed by atoms with van der Waals surface area (Å²) in [4.78, 5) is 4.50. The zero-order valence-corrected chi connectivity index (χ0v) is 13.7. The van der Waals surface area contributed by atoms with Crippen LogP contribution in [0.4, 0.5) is 5.69 Å². The van der Waals surface area contributed by atoms with E-state index in [1.165, 1.54) is 0 Å². The SMILES string of the molecule is CC(C=Nc1c(C)ccc(C(C)C)c1O)=Cc1ccccc1. The maximum absolute atomic E-state index is 10.4. The number of allylic oxidation sites excluding steroid dienone is 1. The summed E-state index contributed by atoms with van der Waals surface area (Å²) >= 11 is 0. The zero-order valence-electron chi connectivity index (χ0n) is 13.7. The number of nitrogens with zero attached hydrogens (tertiary/aromatic N) is 1. The van der Waals surface area contributed by atoms with Crippen molar-refractivity contribution in [2.45, 2.75) is 33.6 Å². The molecule has 2 aromatic rings. The maximum atomic E-state index is 10.4. The van der Waals surface area contributed by atoms with Gasteiger partial charge in [-0.25, -0.2) is 0 Å². The monoisotopic (exact) mass is 293 g/mol. The molecule has 2 nitrogen and oxygen atoms in total. The first-order valence-electron chi connectivity index (χ1n) is 7.59. The third kappa shape index (κ3) is 3.85. The largest absolute Gasteiger partial charge is 0.505 e. The van der Waals surface area contributed by atoms with Crippen molar-refractivity contribution in [2.75, 3.05) is 0 Å². The third-order valence-electron chi connectivity index (χ3n) is 3.60. The Balaban J connectivity index is 2.30. The molecule has 1 N–H and O–H groups in total. The van der Waals surface area contributed by atoms with Gasteiger partial charge in [-0.15, -0.1) is 0 Å². The van der Waals surface area contributed by atoms with Gasteiger partial charge in [-0.2, -0.15) is 0 Å². The molecule has 0 bridgehead atoms. The molecule has 22 heavy (non-hydrogen) atoms. The molecule has 0 fully saturated rings. The molecule has 0 spiro atoms. The van der Waals surface area contributed by atoms with Crippen LogP contribution in [0.25, 0.3) is 6.08 Å². The molecule has 2 rings (SSSR count). The average Bonchev–Trinajstić information content (AvgIpc) is 2.47. The van der Waals surface area contributed by atoms with Gasteiger partial charge in [0.15, 0.2) is 0 Å². The predicted molar refractivity (Wildman–Crippen MR) is 95.2 cm³/mol. The molecule has 0 atom stereocenters. The van der Waals surface area contributed by atoms with Gasteiger partial charge in [0.1, 0.15) is 11.4 Å². The Kier molecular flexibility index (Phi) is 5.16. The first kappa shape index (κ1) is 16.0. The molecule has 0 aliphatic carbocycles. The second kappa shape index (κ2) is 7.08. The minimum atomic E-state index is 0.274. The van der Waals surface area contributed by atoms with Crippen molar-refractivity contribution in [1.82, 2.24) is 0 Å². The lowest BCUT2D eigenvalue weighted by Crippen LogP contribution is -1.90. The minimum absolute atomic E-state index is 0.274. The lowest BCUT2D eigenvalue weighted by Gasteiger charge is -2.12. The molecular weight excluding hydrogens is 270 g/mol. The first-order valence-corrected chi connectivity index (χ1v) is 7.59. The Hall–Kier alpha value is -2.35. The number of benzene rings is 2. The van der Waals surface area contributed by atoms with Gasteiger partial charge in [0.25, 0.3) is 0 Å². The number of aliphatic imine (C=N–C) groups is 1. The summed E-state index contributed by atoms with van der Waals surface area (Å²) in [5.41, 5.74) is 4.75. The van der Waals surface area contributed by atoms with E-state index in [0.717, 1.165) is 22.3 Å². The first-order chi connectivity index (χ1) is 10.5. The van der Waals surface area contributed by atoms with Crippen LogP contribution in [-0.2, 0) is 0 Å². The lowest BCUT2D eigenvalue weighted by molar-refractivity contribution is 0.466. The molecule has 0 radical (unpaired) electrons. The normalized spacial score (nSPS) is 12.3. The van der Waals surface area contributed by atoms with Crippen LogP contribution >= 0.6 is 0 Å². The molecule has 0 unspecified atom stereocenters. The summed E-state index contributed by atoms with van der Waals surface area (Å²) in [5.74, 6) is 0.564. The Morgan fingerprint density at radius 3 is 2.41 bits per heavy atom. The van der Waals surface area contributed by atoms with Crippen LogP contribution in [0.2, 0.25) is 0 Å². The molecule has 0 aliphatic heterocycles. The highest BCUT2D eigenvalue weighted by atomic mass is 16.3. The van der Waals surface area contributed by atoms with E-state index in [-0.39, 0.29) is 5.92 Å². The van der Waals surface area contributed by atoms with Gasteiger partial charge < -0.3 is 5.11 Å². The fraction of sp³-hybridized carbons (Fsp3) is 0.250. The van der Waals surface area contributed by atoms with Crippen LogP contribution in [0.5, 0.6) is 5.75 Å². The number of aromatic hydroxyl groups is 1. The molecular formula is C20H23NO. The van der Waals surface area contributed by atoms with E-state index < -0.39 is 0 Å². The summed E-state index contributed by atoms with van der Waals surface area (Å²) < 4.78 is 0. The quantitative estimate of drug-likeness (QED) is 0.728. The van der Waals surface area contributed by atoms with Crippen LogP contribution in [0, 0.1) is 6.92 Å². The summed E-state index contributed by atoms with van der Waals surface area (Å²) in [6, 6.07) is 14.1. The highest BCUT2D eigenvalue weighted by Crippen LogP contribution is 2.37. The van der Waals surface area contributed by atoms with Crippen molar-refractivity contribution in [3.63, 3.8) is 0 Å². The van der Waals surface area contributed by atoms with Crippen molar-refractivity contribution in [3.05, 3.63) is 64.7 Å². The Morgan fingerprint density at radius 1 is 1.09 bits per heavy atom. The maximum Gasteiger partial charge on any atom is 0.144 e. The standard InChI is InChI=1S/C20H23NO/c1-14(2)18-11-10-16(4)19(20(18)22)21-13-15(3)12-17-8-6-5-7-9-17/h5-14,22H,1-4H3. The Labute approximate surface area is 132 Å². The van der Waals surface area contributed by atoms with Gasteiger partial charge in [-0.05, 0) is 42.0 Å². The van der Waals surface area contributed by atoms with Crippen LogP contribution in [0.15, 0.2) is 53.0 Å². The van der Waals surface area contributed by atoms with E-state index >= 15 is 0 Å². The number of hydrogen-bond donors (Lipinski definition) is 1. The zero-order chi connectivity index (χ0) is 16.1. The van der Waals surface area contributed by atoms with Gasteiger partial charge in [0.2, 0.25) is 0 Å². The second-order valence-electron chi connectivity index (χ2n) is 5.88. The molecule has 0 aromatic heterocycles. The van der Waals surface area contributed by atoms with Crippen LogP contribution in [-0.4, -0.2) is 11.3 Å². The van der Waals surface area contributed by atoms with Gasteiger partial charge in [-0.1, -0.05) is 62.4 Å². The predicted octanol–water partition coefficient (Wildman–Crippen LogP) is 5.63. The van der Waals surface area contributed by atoms with Crippen LogP contribution < -0.4 is 0 Å². The van der Waals surface area contributed by atoms with Crippen molar-refractivity contribution in [3.8, 4) is 5.75 Å². The molecule has 0 saturated heterocycles. The lowest BCUT2D eigenvalue weighted by atomic mass is 9.99. The fourth-order valence-electron chi connectivity index (χ4n) is 2.34. The van der Waals surface area contributed by atoms with Gasteiger partial charge >= 0.3 is 0 Å². The highest BCUT2D eigenvalue weighted by molar-refractivity contribution is 5.87. The van der Waals surface area contributed by atoms with Crippen molar-refractivity contribution in [1.29, 1.82) is 0 Å². The summed E-state index contributed by atoms with van der Waals surface area (Å²) in [6.07, 6.45) is 3.88. The van der Waals surface area contributed by atoms with Crippen molar-refractivity contribution in [2.24, 2.45) is 4.99 Å². The van der Waals surface area contributed by atoms with Crippen LogP contribution in [0.1, 0.15) is 43.4 Å². The van der Waals surface area contributed by atoms with Crippen molar-refractivity contribution < 1.29 is 5.11 Å². The van der Waals surface area contributed by atoms with Gasteiger partial charge in [0, 0.05) is 6.21 Å². The van der Waals surface area contributed by atoms with Crippen molar-refractivity contribution >= 4 is 18.0 Å². The molecule has 2 aromatic carbocycles.